The van der Waals surface area contributed by atoms with Crippen molar-refractivity contribution in [2.45, 2.75) is 110 Å². The van der Waals surface area contributed by atoms with Crippen LogP contribution >= 0.6 is 0 Å². The minimum atomic E-state index is -1.88. The van der Waals surface area contributed by atoms with E-state index in [0.717, 1.165) is 16.9 Å². The molecule has 0 saturated carbocycles. The number of hydrogen-bond donors (Lipinski definition) is 0. The Morgan fingerprint density at radius 2 is 1.59 bits per heavy atom. The topological polar surface area (TPSA) is 72.5 Å². The van der Waals surface area contributed by atoms with Crippen molar-refractivity contribution in [1.82, 2.24) is 0 Å². The Kier molecular flexibility index (Phi) is 16.4. The van der Waals surface area contributed by atoms with Crippen LogP contribution in [0.3, 0.4) is 0 Å². The molecule has 0 N–H and O–H groups in total. The monoisotopic (exact) mass is 654 g/mol. The molecule has 0 aromatic heterocycles. The van der Waals surface area contributed by atoms with Crippen molar-refractivity contribution >= 4 is 14.3 Å². The van der Waals surface area contributed by atoms with Gasteiger partial charge in [-0.25, -0.2) is 0 Å². The average molecular weight is 655 g/mol. The highest BCUT2D eigenvalue weighted by Gasteiger charge is 2.37. The summed E-state index contributed by atoms with van der Waals surface area (Å²) in [5.41, 5.74) is 1.26. The predicted molar refractivity (Wildman–Crippen MR) is 188 cm³/mol. The van der Waals surface area contributed by atoms with E-state index in [1.807, 2.05) is 93.6 Å². The van der Waals surface area contributed by atoms with E-state index in [-0.39, 0.29) is 36.1 Å². The Labute approximate surface area is 279 Å². The van der Waals surface area contributed by atoms with E-state index in [1.54, 1.807) is 7.11 Å². The van der Waals surface area contributed by atoms with Crippen molar-refractivity contribution in [2.24, 2.45) is 5.41 Å². The third kappa shape index (κ3) is 13.9. The van der Waals surface area contributed by atoms with Crippen molar-refractivity contribution in [1.29, 1.82) is 0 Å². The minimum Gasteiger partial charge on any atom is -0.497 e. The highest BCUT2D eigenvalue weighted by molar-refractivity contribution is 6.74. The van der Waals surface area contributed by atoms with Crippen LogP contribution in [0.25, 0.3) is 0 Å². The van der Waals surface area contributed by atoms with Crippen LogP contribution < -0.4 is 4.74 Å². The number of ether oxygens (including phenoxy) is 5. The number of allylic oxidation sites excluding steroid dienone is 1. The summed E-state index contributed by atoms with van der Waals surface area (Å²) in [7, 11) is -0.240. The molecular weight excluding hydrogens is 596 g/mol. The predicted octanol–water partition coefficient (Wildman–Crippen LogP) is 9.03. The van der Waals surface area contributed by atoms with Crippen LogP contribution in [0.1, 0.15) is 71.9 Å². The fraction of sp³-hybridized carbons (Fsp3) is 0.553. The van der Waals surface area contributed by atoms with Gasteiger partial charge < -0.3 is 28.1 Å². The van der Waals surface area contributed by atoms with E-state index < -0.39 is 13.7 Å². The molecule has 7 nitrogen and oxygen atoms in total. The Morgan fingerprint density at radius 1 is 0.935 bits per heavy atom. The molecule has 0 bridgehead atoms. The molecule has 3 atom stereocenters. The lowest BCUT2D eigenvalue weighted by Gasteiger charge is -2.35. The largest absolute Gasteiger partial charge is 0.497 e. The molecule has 2 aromatic rings. The third-order valence-corrected chi connectivity index (χ3v) is 13.0. The lowest BCUT2D eigenvalue weighted by Crippen LogP contribution is -2.40. The third-order valence-electron chi connectivity index (χ3n) is 8.54. The highest BCUT2D eigenvalue weighted by atomic mass is 28.4. The summed E-state index contributed by atoms with van der Waals surface area (Å²) in [6.07, 6.45) is 6.39. The van der Waals surface area contributed by atoms with Crippen LogP contribution in [0.2, 0.25) is 18.1 Å². The molecule has 2 aromatic carbocycles. The standard InChI is InChI=1S/C38H58O7Si/c1-11-12-19-34(45-36(39)38(6,7)24-16-25-44-46(9,10)37(3,4)5)26-35(42-28-32-20-22-33(40-8)23-21-32)30(2)43-29-41-27-31-17-14-13-15-18-31/h11,13-18,20-24,30,34-35H,1,12,19,25-29H2,2-10H3/b24-16+/t30-,34+,35-/m1/s1. The first-order chi connectivity index (χ1) is 21.7. The van der Waals surface area contributed by atoms with Gasteiger partial charge in [0.1, 0.15) is 18.6 Å². The number of carbonyl (C=O) groups is 1. The molecule has 0 heterocycles. The van der Waals surface area contributed by atoms with E-state index in [9.17, 15) is 4.79 Å². The molecule has 0 aliphatic heterocycles. The SMILES string of the molecule is C=CCC[C@@H](C[C@@H](OCc1ccc(OC)cc1)[C@@H](C)OCOCc1ccccc1)OC(=O)C(C)(C)/C=C/CO[Si](C)(C)C(C)(C)C. The smallest absolute Gasteiger partial charge is 0.315 e. The fourth-order valence-corrected chi connectivity index (χ4v) is 5.24. The van der Waals surface area contributed by atoms with Gasteiger partial charge in [0.2, 0.25) is 0 Å². The maximum atomic E-state index is 13.5. The zero-order valence-electron chi connectivity index (χ0n) is 29.7. The number of methoxy groups -OCH3 is 1. The maximum Gasteiger partial charge on any atom is 0.315 e. The van der Waals surface area contributed by atoms with Gasteiger partial charge in [0.25, 0.3) is 0 Å². The minimum absolute atomic E-state index is 0.115. The van der Waals surface area contributed by atoms with Crippen LogP contribution in [-0.2, 0) is 41.4 Å². The molecule has 8 heteroatoms. The number of rotatable bonds is 21. The molecule has 0 aliphatic carbocycles. The molecule has 0 saturated heterocycles. The Morgan fingerprint density at radius 3 is 2.20 bits per heavy atom. The van der Waals surface area contributed by atoms with Gasteiger partial charge in [0.15, 0.2) is 8.32 Å². The van der Waals surface area contributed by atoms with Gasteiger partial charge in [-0.2, -0.15) is 0 Å². The first-order valence-electron chi connectivity index (χ1n) is 16.3. The van der Waals surface area contributed by atoms with Gasteiger partial charge in [0.05, 0.1) is 44.6 Å². The van der Waals surface area contributed by atoms with Crippen LogP contribution in [0.5, 0.6) is 5.75 Å². The van der Waals surface area contributed by atoms with Crippen molar-refractivity contribution in [3.05, 3.63) is 90.5 Å². The van der Waals surface area contributed by atoms with Gasteiger partial charge in [-0.05, 0) is 75.0 Å². The molecule has 2 rings (SSSR count). The summed E-state index contributed by atoms with van der Waals surface area (Å²) in [5, 5.41) is 0.120. The maximum absolute atomic E-state index is 13.5. The molecule has 0 amide bonds. The number of hydrogen-bond acceptors (Lipinski definition) is 7. The number of carbonyl (C=O) groups excluding carboxylic acids is 1. The highest BCUT2D eigenvalue weighted by Crippen LogP contribution is 2.36. The Hall–Kier alpha value is -2.75. The Bertz CT molecular complexity index is 1190. The quantitative estimate of drug-likeness (QED) is 0.0437. The molecular formula is C38H58O7Si. The van der Waals surface area contributed by atoms with Crippen molar-refractivity contribution < 1.29 is 32.9 Å². The summed E-state index contributed by atoms with van der Waals surface area (Å²) in [6, 6.07) is 17.7. The number of esters is 1. The van der Waals surface area contributed by atoms with Crippen LogP contribution in [0.15, 0.2) is 79.4 Å². The molecule has 0 fully saturated rings. The molecule has 256 valence electrons. The first kappa shape index (κ1) is 39.4. The van der Waals surface area contributed by atoms with Crippen molar-refractivity contribution in [3.8, 4) is 5.75 Å². The normalized spacial score (nSPS) is 14.5. The van der Waals surface area contributed by atoms with E-state index in [1.165, 1.54) is 0 Å². The fourth-order valence-electron chi connectivity index (χ4n) is 4.29. The van der Waals surface area contributed by atoms with Gasteiger partial charge in [-0.1, -0.05) is 81.5 Å². The summed E-state index contributed by atoms with van der Waals surface area (Å²) < 4.78 is 36.0. The van der Waals surface area contributed by atoms with Gasteiger partial charge in [0, 0.05) is 6.42 Å². The lowest BCUT2D eigenvalue weighted by molar-refractivity contribution is -0.166. The van der Waals surface area contributed by atoms with Crippen LogP contribution in [0, 0.1) is 5.41 Å². The zero-order valence-corrected chi connectivity index (χ0v) is 30.7. The van der Waals surface area contributed by atoms with Crippen LogP contribution in [-0.4, -0.2) is 53.1 Å². The van der Waals surface area contributed by atoms with E-state index >= 15 is 0 Å². The summed E-state index contributed by atoms with van der Waals surface area (Å²) in [5.74, 6) is 0.492. The summed E-state index contributed by atoms with van der Waals surface area (Å²) in [4.78, 5) is 13.5. The molecule has 46 heavy (non-hydrogen) atoms. The van der Waals surface area contributed by atoms with Crippen molar-refractivity contribution in [3.63, 3.8) is 0 Å². The molecule has 0 aliphatic rings. The van der Waals surface area contributed by atoms with E-state index in [0.29, 0.717) is 39.1 Å². The molecule has 0 unspecified atom stereocenters. The van der Waals surface area contributed by atoms with E-state index in [4.69, 9.17) is 28.1 Å². The summed E-state index contributed by atoms with van der Waals surface area (Å²) >= 11 is 0. The van der Waals surface area contributed by atoms with E-state index in [2.05, 4.69) is 40.4 Å². The van der Waals surface area contributed by atoms with Crippen LogP contribution in [0.4, 0.5) is 0 Å². The molecule has 0 spiro atoms. The van der Waals surface area contributed by atoms with Gasteiger partial charge >= 0.3 is 5.97 Å². The average Bonchev–Trinajstić information content (AvgIpc) is 3.02. The van der Waals surface area contributed by atoms with Gasteiger partial charge in [-0.15, -0.1) is 6.58 Å². The first-order valence-corrected chi connectivity index (χ1v) is 19.2. The second kappa shape index (κ2) is 19.2. The van der Waals surface area contributed by atoms with Gasteiger partial charge in [-0.3, -0.25) is 4.79 Å². The summed E-state index contributed by atoms with van der Waals surface area (Å²) in [6.45, 7) is 22.1. The number of benzene rings is 2. The lowest BCUT2D eigenvalue weighted by atomic mass is 9.93. The second-order valence-electron chi connectivity index (χ2n) is 13.8. The zero-order chi connectivity index (χ0) is 34.2. The Balaban J connectivity index is 2.10. The molecule has 0 radical (unpaired) electrons. The second-order valence-corrected chi connectivity index (χ2v) is 18.7. The van der Waals surface area contributed by atoms with Crippen molar-refractivity contribution in [2.75, 3.05) is 20.5 Å².